The van der Waals surface area contributed by atoms with Crippen molar-refractivity contribution in [3.63, 3.8) is 0 Å². The molecule has 0 heterocycles. The number of nitrogens with zero attached hydrogens (tertiary/aromatic N) is 3. The van der Waals surface area contributed by atoms with Gasteiger partial charge >= 0.3 is 0 Å². The zero-order valence-electron chi connectivity index (χ0n) is 64.7. The van der Waals surface area contributed by atoms with Crippen LogP contribution in [0.2, 0.25) is 0 Å². The van der Waals surface area contributed by atoms with Crippen molar-refractivity contribution in [3.05, 3.63) is 0 Å². The molecule has 0 aromatic heterocycles. The Hall–Kier alpha value is -2.37. The molecule has 0 unspecified atom stereocenters. The Morgan fingerprint density at radius 3 is 0.604 bits per heavy atom. The summed E-state index contributed by atoms with van der Waals surface area (Å²) in [6.07, 6.45) is 73.0. The van der Waals surface area contributed by atoms with Crippen molar-refractivity contribution in [1.29, 1.82) is 0 Å². The maximum atomic E-state index is 13.5. The Kier molecular flexibility index (Phi) is 79.7. The van der Waals surface area contributed by atoms with E-state index in [1.54, 1.807) is 0 Å². The highest BCUT2D eigenvalue weighted by Crippen LogP contribution is 2.18. The quantitative estimate of drug-likeness (QED) is 0.0513. The number of hydrogen-bond acceptors (Lipinski definition) is 8. The van der Waals surface area contributed by atoms with Crippen LogP contribution in [-0.4, -0.2) is 123 Å². The standard InChI is InChI=1S/C84H166N6O5.CH4/c1-6-11-16-21-26-31-36-38-43-48-54-61-80(91)63-73-90(74-64-81(92)62-55-49-44-39-37-32-27-22-17-12-7-2)79-78-89(77-67-84(95)87-70-58-52-47-42-35-30-25-20-15-10-5)72-60-53-59-71-88(75-65-82(93)85-68-56-50-45-40-33-28-23-18-13-8-3)76-66-83(94)86-69-57-51-46-41-34-29-24-19-14-9-4;/h6-79H2,1-5H3,(H,85,93)(H,86,94)(H,87,95);1H4. The summed E-state index contributed by atoms with van der Waals surface area (Å²) in [7, 11) is 0. The molecular formula is C85H170N6O5. The van der Waals surface area contributed by atoms with Crippen molar-refractivity contribution in [3.8, 4) is 0 Å². The number of rotatable bonds is 81. The average Bonchev–Trinajstić information content (AvgIpc) is 3.03. The molecule has 0 atom stereocenters. The van der Waals surface area contributed by atoms with Gasteiger partial charge in [0, 0.05) is 110 Å². The topological polar surface area (TPSA) is 131 Å². The molecule has 0 aliphatic heterocycles. The van der Waals surface area contributed by atoms with Gasteiger partial charge in [-0.15, -0.1) is 0 Å². The Morgan fingerprint density at radius 1 is 0.188 bits per heavy atom. The van der Waals surface area contributed by atoms with Crippen LogP contribution in [0.5, 0.6) is 0 Å². The normalized spacial score (nSPS) is 11.5. The fourth-order valence-electron chi connectivity index (χ4n) is 13.5. The fourth-order valence-corrected chi connectivity index (χ4v) is 13.5. The summed E-state index contributed by atoms with van der Waals surface area (Å²) in [5.41, 5.74) is 0. The molecule has 0 saturated heterocycles. The predicted molar refractivity (Wildman–Crippen MR) is 420 cm³/mol. The molecule has 0 fully saturated rings. The van der Waals surface area contributed by atoms with Crippen LogP contribution in [0.25, 0.3) is 0 Å². The SMILES string of the molecule is C.CCCCCCCCCCCCCC(=O)CCN(CCC(=O)CCCCCCCCCCCCC)CCN(CCCCCN(CCC(=O)NCCCCCCCCCCCC)CCC(=O)NCCCCCCCCCCCC)CCC(=O)NCCCCCCCCCCCC. The summed E-state index contributed by atoms with van der Waals surface area (Å²) < 4.78 is 0. The monoisotopic (exact) mass is 1360 g/mol. The first-order valence-electron chi connectivity index (χ1n) is 42.7. The van der Waals surface area contributed by atoms with Gasteiger partial charge in [-0.2, -0.15) is 0 Å². The van der Waals surface area contributed by atoms with Crippen LogP contribution in [0.1, 0.15) is 440 Å². The first kappa shape index (κ1) is 95.7. The highest BCUT2D eigenvalue weighted by molar-refractivity contribution is 5.79. The van der Waals surface area contributed by atoms with Gasteiger partial charge in [-0.1, -0.05) is 350 Å². The molecule has 570 valence electrons. The lowest BCUT2D eigenvalue weighted by Crippen LogP contribution is -2.39. The van der Waals surface area contributed by atoms with Gasteiger partial charge in [-0.05, 0) is 58.0 Å². The molecule has 0 aliphatic carbocycles. The van der Waals surface area contributed by atoms with E-state index in [0.29, 0.717) is 89.2 Å². The van der Waals surface area contributed by atoms with Crippen LogP contribution in [-0.2, 0) is 24.0 Å². The summed E-state index contributed by atoms with van der Waals surface area (Å²) in [6, 6.07) is 0. The molecule has 0 aromatic carbocycles. The minimum absolute atomic E-state index is 0. The van der Waals surface area contributed by atoms with Gasteiger partial charge in [0.15, 0.2) is 0 Å². The smallest absolute Gasteiger partial charge is 0.221 e. The molecule has 11 heteroatoms. The Morgan fingerprint density at radius 2 is 0.365 bits per heavy atom. The van der Waals surface area contributed by atoms with Gasteiger partial charge in [-0.25, -0.2) is 0 Å². The maximum absolute atomic E-state index is 13.5. The van der Waals surface area contributed by atoms with Crippen molar-refractivity contribution in [2.45, 2.75) is 440 Å². The van der Waals surface area contributed by atoms with Crippen LogP contribution >= 0.6 is 0 Å². The number of Topliss-reactive ketones (excluding diaryl/α,β-unsaturated/α-hetero) is 2. The molecule has 0 aromatic rings. The number of amides is 3. The summed E-state index contributed by atoms with van der Waals surface area (Å²) in [4.78, 5) is 73.9. The molecule has 0 radical (unpaired) electrons. The van der Waals surface area contributed by atoms with E-state index in [0.717, 1.165) is 116 Å². The zero-order valence-corrected chi connectivity index (χ0v) is 64.7. The molecule has 11 nitrogen and oxygen atoms in total. The van der Waals surface area contributed by atoms with Crippen molar-refractivity contribution >= 4 is 29.3 Å². The van der Waals surface area contributed by atoms with Crippen LogP contribution < -0.4 is 16.0 Å². The van der Waals surface area contributed by atoms with Gasteiger partial charge in [0.2, 0.25) is 17.7 Å². The Labute approximate surface area is 599 Å². The van der Waals surface area contributed by atoms with E-state index < -0.39 is 0 Å². The fraction of sp³-hybridized carbons (Fsp3) is 0.941. The van der Waals surface area contributed by atoms with Gasteiger partial charge in [0.1, 0.15) is 11.6 Å². The van der Waals surface area contributed by atoms with Gasteiger partial charge < -0.3 is 30.7 Å². The number of hydrogen-bond donors (Lipinski definition) is 3. The molecule has 96 heavy (non-hydrogen) atoms. The van der Waals surface area contributed by atoms with Gasteiger partial charge in [0.05, 0.1) is 0 Å². The molecule has 0 aliphatic rings. The van der Waals surface area contributed by atoms with E-state index >= 15 is 0 Å². The van der Waals surface area contributed by atoms with Crippen molar-refractivity contribution in [2.75, 3.05) is 78.5 Å². The third-order valence-corrected chi connectivity index (χ3v) is 20.2. The van der Waals surface area contributed by atoms with Crippen molar-refractivity contribution < 1.29 is 24.0 Å². The minimum atomic E-state index is 0. The predicted octanol–water partition coefficient (Wildman–Crippen LogP) is 23.3. The highest BCUT2D eigenvalue weighted by Gasteiger charge is 2.17. The summed E-state index contributed by atoms with van der Waals surface area (Å²) >= 11 is 0. The summed E-state index contributed by atoms with van der Waals surface area (Å²) in [6.45, 7) is 20.2. The summed E-state index contributed by atoms with van der Waals surface area (Å²) in [5.74, 6) is 1.03. The van der Waals surface area contributed by atoms with Crippen molar-refractivity contribution in [1.82, 2.24) is 30.7 Å². The Bertz CT molecular complexity index is 1550. The highest BCUT2D eigenvalue weighted by atomic mass is 16.2. The van der Waals surface area contributed by atoms with E-state index in [-0.39, 0.29) is 25.1 Å². The van der Waals surface area contributed by atoms with E-state index in [9.17, 15) is 24.0 Å². The van der Waals surface area contributed by atoms with Gasteiger partial charge in [0.25, 0.3) is 0 Å². The maximum Gasteiger partial charge on any atom is 0.221 e. The number of ketones is 2. The number of unbranched alkanes of at least 4 members (excludes halogenated alkanes) is 49. The molecule has 0 rings (SSSR count). The second kappa shape index (κ2) is 79.9. The number of carbonyl (C=O) groups is 5. The number of nitrogens with one attached hydrogen (secondary N) is 3. The van der Waals surface area contributed by atoms with Crippen LogP contribution in [0.15, 0.2) is 0 Å². The lowest BCUT2D eigenvalue weighted by Gasteiger charge is -2.28. The molecular weight excluding hydrogens is 1180 g/mol. The second-order valence-corrected chi connectivity index (χ2v) is 29.6. The molecule has 3 amide bonds. The van der Waals surface area contributed by atoms with Crippen LogP contribution in [0.4, 0.5) is 0 Å². The molecule has 3 N–H and O–H groups in total. The largest absolute Gasteiger partial charge is 0.356 e. The van der Waals surface area contributed by atoms with E-state index in [4.69, 9.17) is 0 Å². The second-order valence-electron chi connectivity index (χ2n) is 29.6. The molecule has 0 spiro atoms. The van der Waals surface area contributed by atoms with Crippen LogP contribution in [0.3, 0.4) is 0 Å². The molecule has 0 bridgehead atoms. The lowest BCUT2D eigenvalue weighted by atomic mass is 10.0. The van der Waals surface area contributed by atoms with Crippen molar-refractivity contribution in [2.24, 2.45) is 0 Å². The lowest BCUT2D eigenvalue weighted by molar-refractivity contribution is -0.122. The van der Waals surface area contributed by atoms with E-state index in [2.05, 4.69) is 65.3 Å². The average molecular weight is 1360 g/mol. The third-order valence-electron chi connectivity index (χ3n) is 20.2. The first-order valence-corrected chi connectivity index (χ1v) is 42.7. The van der Waals surface area contributed by atoms with Gasteiger partial charge in [-0.3, -0.25) is 24.0 Å². The summed E-state index contributed by atoms with van der Waals surface area (Å²) in [5, 5.41) is 9.66. The third kappa shape index (κ3) is 74.3. The van der Waals surface area contributed by atoms with E-state index in [1.807, 2.05) is 0 Å². The first-order chi connectivity index (χ1) is 46.7. The zero-order chi connectivity index (χ0) is 69.1. The molecule has 0 saturated carbocycles. The van der Waals surface area contributed by atoms with Crippen LogP contribution in [0, 0.1) is 0 Å². The minimum Gasteiger partial charge on any atom is -0.356 e. The number of carbonyl (C=O) groups excluding carboxylic acids is 5. The van der Waals surface area contributed by atoms with E-state index in [1.165, 1.54) is 283 Å². The Balaban J connectivity index is 0.